The fourth-order valence-corrected chi connectivity index (χ4v) is 3.97. The number of phenols is 1. The van der Waals surface area contributed by atoms with Gasteiger partial charge < -0.3 is 15.6 Å². The molecule has 1 aromatic heterocycles. The molecule has 1 fully saturated rings. The van der Waals surface area contributed by atoms with E-state index in [4.69, 9.17) is 5.73 Å². The molecule has 0 amide bonds. The molecule has 2 unspecified atom stereocenters. The van der Waals surface area contributed by atoms with Gasteiger partial charge in [0.1, 0.15) is 12.0 Å². The van der Waals surface area contributed by atoms with Crippen LogP contribution in [0.3, 0.4) is 0 Å². The molecule has 4 rings (SSSR count). The van der Waals surface area contributed by atoms with Crippen molar-refractivity contribution in [2.75, 3.05) is 12.3 Å². The van der Waals surface area contributed by atoms with E-state index in [0.29, 0.717) is 29.7 Å². The van der Waals surface area contributed by atoms with Crippen LogP contribution in [0.2, 0.25) is 0 Å². The van der Waals surface area contributed by atoms with E-state index in [9.17, 15) is 9.90 Å². The van der Waals surface area contributed by atoms with Crippen molar-refractivity contribution in [1.82, 2.24) is 15.1 Å². The molecule has 0 radical (unpaired) electrons. The second-order valence-corrected chi connectivity index (χ2v) is 6.60. The Kier molecular flexibility index (Phi) is 3.97. The van der Waals surface area contributed by atoms with Gasteiger partial charge in [0.2, 0.25) is 0 Å². The molecule has 128 valence electrons. The van der Waals surface area contributed by atoms with Gasteiger partial charge in [-0.25, -0.2) is 0 Å². The summed E-state index contributed by atoms with van der Waals surface area (Å²) < 4.78 is 0. The van der Waals surface area contributed by atoms with Crippen molar-refractivity contribution < 1.29 is 9.90 Å². The minimum Gasteiger partial charge on any atom is -0.507 e. The number of anilines is 1. The molecule has 2 bridgehead atoms. The van der Waals surface area contributed by atoms with Gasteiger partial charge in [-0.3, -0.25) is 4.90 Å². The smallest absolute Gasteiger partial charge is 0.153 e. The number of aromatic hydroxyl groups is 1. The van der Waals surface area contributed by atoms with Crippen molar-refractivity contribution in [3.63, 3.8) is 0 Å². The molecule has 2 aliphatic heterocycles. The minimum atomic E-state index is 0.169. The van der Waals surface area contributed by atoms with Crippen LogP contribution in [0.4, 0.5) is 5.82 Å². The summed E-state index contributed by atoms with van der Waals surface area (Å²) in [6.07, 6.45) is 6.17. The van der Waals surface area contributed by atoms with Crippen molar-refractivity contribution in [3.8, 4) is 17.0 Å². The van der Waals surface area contributed by atoms with Crippen LogP contribution in [0.25, 0.3) is 16.8 Å². The fraction of sp³-hybridized carbons (Fsp3) is 0.316. The van der Waals surface area contributed by atoms with Crippen molar-refractivity contribution >= 4 is 17.7 Å². The Hall–Kier alpha value is -2.73. The van der Waals surface area contributed by atoms with E-state index in [1.54, 1.807) is 12.1 Å². The maximum absolute atomic E-state index is 10.9. The van der Waals surface area contributed by atoms with Crippen LogP contribution in [0.5, 0.6) is 5.75 Å². The number of phenolic OH excluding ortho intramolecular Hbond substituents is 1. The van der Waals surface area contributed by atoms with Crippen LogP contribution in [0.15, 0.2) is 36.4 Å². The zero-order chi connectivity index (χ0) is 17.4. The van der Waals surface area contributed by atoms with Crippen LogP contribution in [-0.2, 0) is 4.79 Å². The number of aldehydes is 1. The molecule has 6 nitrogen and oxygen atoms in total. The summed E-state index contributed by atoms with van der Waals surface area (Å²) in [5, 5.41) is 18.3. The highest BCUT2D eigenvalue weighted by atomic mass is 16.3. The molecule has 2 atom stereocenters. The molecule has 0 saturated carbocycles. The van der Waals surface area contributed by atoms with Crippen LogP contribution in [0, 0.1) is 0 Å². The largest absolute Gasteiger partial charge is 0.507 e. The summed E-state index contributed by atoms with van der Waals surface area (Å²) in [7, 11) is 0. The molecule has 1 saturated heterocycles. The number of para-hydroxylation sites is 1. The van der Waals surface area contributed by atoms with Gasteiger partial charge in [0.05, 0.1) is 12.2 Å². The Bertz CT molecular complexity index is 849. The molecule has 2 aromatic rings. The third-order valence-electron chi connectivity index (χ3n) is 5.17. The SMILES string of the molecule is Nc1nnc(-c2ccccc2O)cc1C1=CC2CCC(C1)N2CC=O. The van der Waals surface area contributed by atoms with Crippen molar-refractivity contribution in [2.24, 2.45) is 0 Å². The highest BCUT2D eigenvalue weighted by molar-refractivity contribution is 5.79. The van der Waals surface area contributed by atoms with Crippen molar-refractivity contribution in [3.05, 3.63) is 42.0 Å². The maximum atomic E-state index is 10.9. The molecule has 6 heteroatoms. The number of benzene rings is 1. The van der Waals surface area contributed by atoms with Gasteiger partial charge in [0.15, 0.2) is 5.82 Å². The Morgan fingerprint density at radius 1 is 1.24 bits per heavy atom. The second-order valence-electron chi connectivity index (χ2n) is 6.60. The van der Waals surface area contributed by atoms with Gasteiger partial charge in [0.25, 0.3) is 0 Å². The van der Waals surface area contributed by atoms with Crippen LogP contribution >= 0.6 is 0 Å². The van der Waals surface area contributed by atoms with Gasteiger partial charge in [-0.05, 0) is 43.0 Å². The monoisotopic (exact) mass is 336 g/mol. The molecule has 3 N–H and O–H groups in total. The Morgan fingerprint density at radius 3 is 2.84 bits per heavy atom. The summed E-state index contributed by atoms with van der Waals surface area (Å²) in [6.45, 7) is 0.479. The van der Waals surface area contributed by atoms with E-state index < -0.39 is 0 Å². The third kappa shape index (κ3) is 2.78. The van der Waals surface area contributed by atoms with E-state index in [-0.39, 0.29) is 11.8 Å². The van der Waals surface area contributed by atoms with E-state index in [0.717, 1.165) is 36.7 Å². The first-order valence-corrected chi connectivity index (χ1v) is 8.49. The second kappa shape index (κ2) is 6.29. The molecule has 0 spiro atoms. The Labute approximate surface area is 146 Å². The van der Waals surface area contributed by atoms with Gasteiger partial charge in [-0.1, -0.05) is 18.2 Å². The molecule has 1 aromatic carbocycles. The van der Waals surface area contributed by atoms with E-state index in [1.807, 2.05) is 18.2 Å². The number of fused-ring (bicyclic) bond motifs is 2. The number of carbonyl (C=O) groups excluding carboxylic acids is 1. The lowest BCUT2D eigenvalue weighted by Gasteiger charge is -2.32. The first-order chi connectivity index (χ1) is 12.2. The topological polar surface area (TPSA) is 92.3 Å². The number of nitrogens with two attached hydrogens (primary N) is 1. The lowest BCUT2D eigenvalue weighted by atomic mass is 9.94. The minimum absolute atomic E-state index is 0.169. The predicted octanol–water partition coefficient (Wildman–Crippen LogP) is 2.25. The van der Waals surface area contributed by atoms with Gasteiger partial charge in [0, 0.05) is 23.2 Å². The Morgan fingerprint density at radius 2 is 2.08 bits per heavy atom. The zero-order valence-corrected chi connectivity index (χ0v) is 13.8. The molecule has 25 heavy (non-hydrogen) atoms. The first-order valence-electron chi connectivity index (χ1n) is 8.49. The Balaban J connectivity index is 1.72. The lowest BCUT2D eigenvalue weighted by Crippen LogP contribution is -2.39. The standard InChI is InChI=1S/C19H20N4O2/c20-19-16(11-17(21-22-19)15-3-1-2-4-18(15)25)12-9-13-5-6-14(10-12)23(13)7-8-24/h1-4,8-9,11,13-14,25H,5-7,10H2,(H2,20,22). The van der Waals surface area contributed by atoms with E-state index in [2.05, 4.69) is 21.2 Å². The quantitative estimate of drug-likeness (QED) is 0.832. The number of nitrogens with zero attached hydrogens (tertiary/aromatic N) is 3. The normalized spacial score (nSPS) is 22.6. The number of hydrogen-bond donors (Lipinski definition) is 2. The highest BCUT2D eigenvalue weighted by Crippen LogP contribution is 2.40. The van der Waals surface area contributed by atoms with Gasteiger partial charge in [-0.2, -0.15) is 0 Å². The lowest BCUT2D eigenvalue weighted by molar-refractivity contribution is -0.109. The first kappa shape index (κ1) is 15.8. The van der Waals surface area contributed by atoms with Gasteiger partial charge >= 0.3 is 0 Å². The summed E-state index contributed by atoms with van der Waals surface area (Å²) in [5.74, 6) is 0.566. The summed E-state index contributed by atoms with van der Waals surface area (Å²) >= 11 is 0. The summed E-state index contributed by atoms with van der Waals surface area (Å²) in [5.41, 5.74) is 9.36. The number of aromatic nitrogens is 2. The molecule has 2 aliphatic rings. The molecule has 3 heterocycles. The van der Waals surface area contributed by atoms with E-state index >= 15 is 0 Å². The zero-order valence-electron chi connectivity index (χ0n) is 13.8. The van der Waals surface area contributed by atoms with Crippen LogP contribution in [0.1, 0.15) is 24.8 Å². The molecular formula is C19H20N4O2. The van der Waals surface area contributed by atoms with Crippen LogP contribution in [-0.4, -0.2) is 45.1 Å². The number of rotatable bonds is 4. The average Bonchev–Trinajstić information content (AvgIpc) is 2.85. The molecular weight excluding hydrogens is 316 g/mol. The summed E-state index contributed by atoms with van der Waals surface area (Å²) in [6, 6.07) is 9.61. The van der Waals surface area contributed by atoms with Crippen LogP contribution < -0.4 is 5.73 Å². The van der Waals surface area contributed by atoms with Crippen molar-refractivity contribution in [2.45, 2.75) is 31.3 Å². The number of hydrogen-bond acceptors (Lipinski definition) is 6. The fourth-order valence-electron chi connectivity index (χ4n) is 3.97. The number of carbonyl (C=O) groups is 1. The summed E-state index contributed by atoms with van der Waals surface area (Å²) in [4.78, 5) is 13.2. The highest BCUT2D eigenvalue weighted by Gasteiger charge is 2.36. The van der Waals surface area contributed by atoms with Crippen molar-refractivity contribution in [1.29, 1.82) is 0 Å². The molecule has 0 aliphatic carbocycles. The number of nitrogen functional groups attached to an aromatic ring is 1. The van der Waals surface area contributed by atoms with Gasteiger partial charge in [-0.15, -0.1) is 10.2 Å². The van der Waals surface area contributed by atoms with E-state index in [1.165, 1.54) is 0 Å². The maximum Gasteiger partial charge on any atom is 0.153 e. The average molecular weight is 336 g/mol. The third-order valence-corrected chi connectivity index (χ3v) is 5.17. The predicted molar refractivity (Wildman–Crippen MR) is 95.7 cm³/mol.